The molecule has 1 saturated heterocycles. The third-order valence-electron chi connectivity index (χ3n) is 3.50. The van der Waals surface area contributed by atoms with Gasteiger partial charge in [-0.25, -0.2) is 4.79 Å². The molecule has 0 N–H and O–H groups in total. The molecule has 0 bridgehead atoms. The van der Waals surface area contributed by atoms with Crippen LogP contribution in [0.4, 0.5) is 0 Å². The molecule has 0 aliphatic carbocycles. The molecule has 2 rings (SSSR count). The summed E-state index contributed by atoms with van der Waals surface area (Å²) >= 11 is 5.80. The Morgan fingerprint density at radius 3 is 2.38 bits per heavy atom. The minimum Gasteiger partial charge on any atom is -0.458 e. The van der Waals surface area contributed by atoms with Crippen LogP contribution in [0.3, 0.4) is 0 Å². The Morgan fingerprint density at radius 1 is 1.24 bits per heavy atom. The Bertz CT molecular complexity index is 445. The molecule has 1 heterocycles. The zero-order valence-electron chi connectivity index (χ0n) is 12.4. The maximum atomic E-state index is 12.0. The van der Waals surface area contributed by atoms with Gasteiger partial charge in [0.1, 0.15) is 6.10 Å². The van der Waals surface area contributed by atoms with Crippen LogP contribution in [-0.4, -0.2) is 61.6 Å². The van der Waals surface area contributed by atoms with Crippen molar-refractivity contribution in [3.8, 4) is 0 Å². The van der Waals surface area contributed by atoms with Gasteiger partial charge in [-0.3, -0.25) is 4.90 Å². The second-order valence-electron chi connectivity index (χ2n) is 5.33. The van der Waals surface area contributed by atoms with E-state index in [0.29, 0.717) is 10.6 Å². The van der Waals surface area contributed by atoms with Gasteiger partial charge in [-0.2, -0.15) is 0 Å². The maximum Gasteiger partial charge on any atom is 0.338 e. The number of piperazine rings is 1. The molecule has 0 saturated carbocycles. The monoisotopic (exact) mass is 332 g/mol. The van der Waals surface area contributed by atoms with E-state index >= 15 is 0 Å². The lowest BCUT2D eigenvalue weighted by Gasteiger charge is -2.33. The Kier molecular flexibility index (Phi) is 7.46. The minimum atomic E-state index is -0.289. The number of hydrogen-bond acceptors (Lipinski definition) is 4. The van der Waals surface area contributed by atoms with E-state index in [1.54, 1.807) is 24.3 Å². The van der Waals surface area contributed by atoms with Crippen molar-refractivity contribution in [3.63, 3.8) is 0 Å². The number of carbonyl (C=O) groups is 1. The first-order chi connectivity index (χ1) is 9.54. The highest BCUT2D eigenvalue weighted by Gasteiger charge is 2.18. The molecule has 1 aliphatic rings. The Morgan fingerprint density at radius 2 is 1.81 bits per heavy atom. The van der Waals surface area contributed by atoms with Crippen molar-refractivity contribution in [2.75, 3.05) is 39.8 Å². The van der Waals surface area contributed by atoms with Gasteiger partial charge in [0.2, 0.25) is 0 Å². The largest absolute Gasteiger partial charge is 0.458 e. The van der Waals surface area contributed by atoms with Gasteiger partial charge in [-0.1, -0.05) is 11.6 Å². The topological polar surface area (TPSA) is 32.8 Å². The molecule has 0 radical (unpaired) electrons. The Labute approximate surface area is 137 Å². The Balaban J connectivity index is 0.00000220. The highest BCUT2D eigenvalue weighted by Crippen LogP contribution is 2.11. The first-order valence-electron chi connectivity index (χ1n) is 6.92. The van der Waals surface area contributed by atoms with Crippen molar-refractivity contribution in [1.29, 1.82) is 0 Å². The Hall–Kier alpha value is -0.810. The summed E-state index contributed by atoms with van der Waals surface area (Å²) in [4.78, 5) is 16.6. The van der Waals surface area contributed by atoms with Gasteiger partial charge in [0.05, 0.1) is 5.56 Å². The molecule has 4 nitrogen and oxygen atoms in total. The third kappa shape index (κ3) is 5.83. The zero-order chi connectivity index (χ0) is 14.5. The lowest BCUT2D eigenvalue weighted by molar-refractivity contribution is 0.0207. The van der Waals surface area contributed by atoms with Gasteiger partial charge in [-0.15, -0.1) is 12.4 Å². The highest BCUT2D eigenvalue weighted by atomic mass is 35.5. The van der Waals surface area contributed by atoms with Crippen LogP contribution >= 0.6 is 24.0 Å². The molecule has 0 spiro atoms. The highest BCUT2D eigenvalue weighted by molar-refractivity contribution is 6.30. The second kappa shape index (κ2) is 8.59. The van der Waals surface area contributed by atoms with Gasteiger partial charge >= 0.3 is 5.97 Å². The lowest BCUT2D eigenvalue weighted by atomic mass is 10.2. The standard InChI is InChI=1S/C15H21ClN2O2.ClH/c1-12(11-18-9-7-17(2)8-10-18)20-15(19)13-3-5-14(16)6-4-13;/h3-6,12H,7-11H2,1-2H3;1H. The van der Waals surface area contributed by atoms with Crippen LogP contribution in [0, 0.1) is 0 Å². The number of hydrogen-bond donors (Lipinski definition) is 0. The van der Waals surface area contributed by atoms with E-state index in [0.717, 1.165) is 32.7 Å². The summed E-state index contributed by atoms with van der Waals surface area (Å²) in [5.41, 5.74) is 0.541. The van der Waals surface area contributed by atoms with Crippen molar-refractivity contribution < 1.29 is 9.53 Å². The van der Waals surface area contributed by atoms with Gasteiger partial charge in [0, 0.05) is 37.7 Å². The molecule has 21 heavy (non-hydrogen) atoms. The second-order valence-corrected chi connectivity index (χ2v) is 5.76. The molecule has 1 aromatic rings. The first kappa shape index (κ1) is 18.2. The average molecular weight is 333 g/mol. The molecule has 118 valence electrons. The molecule has 0 aromatic heterocycles. The zero-order valence-corrected chi connectivity index (χ0v) is 14.0. The smallest absolute Gasteiger partial charge is 0.338 e. The van der Waals surface area contributed by atoms with Crippen LogP contribution in [0.15, 0.2) is 24.3 Å². The number of rotatable bonds is 4. The molecular formula is C15H22Cl2N2O2. The number of halogens is 2. The van der Waals surface area contributed by atoms with E-state index in [1.807, 2.05) is 6.92 Å². The quantitative estimate of drug-likeness (QED) is 0.793. The third-order valence-corrected chi connectivity index (χ3v) is 3.75. The molecular weight excluding hydrogens is 311 g/mol. The van der Waals surface area contributed by atoms with Crippen LogP contribution in [0.5, 0.6) is 0 Å². The van der Waals surface area contributed by atoms with Crippen LogP contribution in [0.25, 0.3) is 0 Å². The maximum absolute atomic E-state index is 12.0. The molecule has 1 aliphatic heterocycles. The van der Waals surface area contributed by atoms with Crippen molar-refractivity contribution in [1.82, 2.24) is 9.80 Å². The van der Waals surface area contributed by atoms with E-state index in [1.165, 1.54) is 0 Å². The first-order valence-corrected chi connectivity index (χ1v) is 7.30. The summed E-state index contributed by atoms with van der Waals surface area (Å²) in [6, 6.07) is 6.77. The van der Waals surface area contributed by atoms with Crippen LogP contribution < -0.4 is 0 Å². The summed E-state index contributed by atoms with van der Waals surface area (Å²) in [6.07, 6.45) is -0.110. The number of esters is 1. The summed E-state index contributed by atoms with van der Waals surface area (Å²) in [5.74, 6) is -0.289. The summed E-state index contributed by atoms with van der Waals surface area (Å²) < 4.78 is 5.47. The molecule has 1 aromatic carbocycles. The number of likely N-dealkylation sites (N-methyl/N-ethyl adjacent to an activating group) is 1. The minimum absolute atomic E-state index is 0. The molecule has 0 amide bonds. The van der Waals surface area contributed by atoms with Crippen molar-refractivity contribution in [3.05, 3.63) is 34.9 Å². The number of benzene rings is 1. The molecule has 1 unspecified atom stereocenters. The van der Waals surface area contributed by atoms with Crippen LogP contribution in [0.2, 0.25) is 5.02 Å². The van der Waals surface area contributed by atoms with Gasteiger partial charge in [0.15, 0.2) is 0 Å². The van der Waals surface area contributed by atoms with Crippen molar-refractivity contribution in [2.45, 2.75) is 13.0 Å². The van der Waals surface area contributed by atoms with Crippen molar-refractivity contribution >= 4 is 30.0 Å². The van der Waals surface area contributed by atoms with Crippen molar-refractivity contribution in [2.24, 2.45) is 0 Å². The number of carbonyl (C=O) groups excluding carboxylic acids is 1. The lowest BCUT2D eigenvalue weighted by Crippen LogP contribution is -2.47. The summed E-state index contributed by atoms with van der Waals surface area (Å²) in [5, 5.41) is 0.618. The normalized spacial score (nSPS) is 17.9. The van der Waals surface area contributed by atoms with Gasteiger partial charge < -0.3 is 9.64 Å². The number of ether oxygens (including phenoxy) is 1. The van der Waals surface area contributed by atoms with E-state index in [9.17, 15) is 4.79 Å². The fourth-order valence-corrected chi connectivity index (χ4v) is 2.39. The SMILES string of the molecule is CC(CN1CCN(C)CC1)OC(=O)c1ccc(Cl)cc1.Cl. The van der Waals surface area contributed by atoms with Gasteiger partial charge in [-0.05, 0) is 38.2 Å². The summed E-state index contributed by atoms with van der Waals surface area (Å²) in [6.45, 7) is 6.91. The van der Waals surface area contributed by atoms with Gasteiger partial charge in [0.25, 0.3) is 0 Å². The fourth-order valence-electron chi connectivity index (χ4n) is 2.27. The van der Waals surface area contributed by atoms with Crippen LogP contribution in [0.1, 0.15) is 17.3 Å². The predicted octanol–water partition coefficient (Wildman–Crippen LogP) is 2.55. The molecule has 1 fully saturated rings. The number of nitrogens with zero attached hydrogens (tertiary/aromatic N) is 2. The molecule has 1 atom stereocenters. The average Bonchev–Trinajstić information content (AvgIpc) is 2.42. The van der Waals surface area contributed by atoms with E-state index in [2.05, 4.69) is 16.8 Å². The van der Waals surface area contributed by atoms with Crippen LogP contribution in [-0.2, 0) is 4.74 Å². The molecule has 6 heteroatoms. The van der Waals surface area contributed by atoms with E-state index < -0.39 is 0 Å². The van der Waals surface area contributed by atoms with E-state index in [4.69, 9.17) is 16.3 Å². The fraction of sp³-hybridized carbons (Fsp3) is 0.533. The van der Waals surface area contributed by atoms with E-state index in [-0.39, 0.29) is 24.5 Å². The summed E-state index contributed by atoms with van der Waals surface area (Å²) in [7, 11) is 2.13. The predicted molar refractivity (Wildman–Crippen MR) is 87.5 cm³/mol.